The maximum absolute atomic E-state index is 14.0. The molecule has 0 unspecified atom stereocenters. The van der Waals surface area contributed by atoms with Gasteiger partial charge < -0.3 is 15.0 Å². The number of rotatable bonds is 9. The largest absolute Gasteiger partial charge is 0.497 e. The molecule has 1 N–H and O–H groups in total. The smallest absolute Gasteiger partial charge is 0.275 e. The first kappa shape index (κ1) is 26.3. The molecule has 0 bridgehead atoms. The summed E-state index contributed by atoms with van der Waals surface area (Å²) >= 11 is 0. The molecule has 0 spiro atoms. The summed E-state index contributed by atoms with van der Waals surface area (Å²) in [4.78, 5) is 37.8. The number of carbonyl (C=O) groups excluding carboxylic acids is 2. The zero-order valence-electron chi connectivity index (χ0n) is 21.9. The maximum atomic E-state index is 14.0. The van der Waals surface area contributed by atoms with Crippen LogP contribution < -0.4 is 10.1 Å². The highest BCUT2D eigenvalue weighted by atomic mass is 16.5. The summed E-state index contributed by atoms with van der Waals surface area (Å²) in [7, 11) is 1.61. The van der Waals surface area contributed by atoms with Gasteiger partial charge in [-0.05, 0) is 47.6 Å². The highest BCUT2D eigenvalue weighted by Gasteiger charge is 2.34. The highest BCUT2D eigenvalue weighted by molar-refractivity contribution is 5.96. The van der Waals surface area contributed by atoms with Crippen molar-refractivity contribution < 1.29 is 14.3 Å². The second kappa shape index (κ2) is 12.5. The zero-order chi connectivity index (χ0) is 26.2. The average molecular weight is 501 g/mol. The van der Waals surface area contributed by atoms with Crippen LogP contribution in [0.3, 0.4) is 0 Å². The van der Waals surface area contributed by atoms with Crippen LogP contribution in [0.4, 0.5) is 0 Å². The molecule has 1 heterocycles. The summed E-state index contributed by atoms with van der Waals surface area (Å²) in [5.74, 6) is 0.517. The molecule has 1 saturated carbocycles. The van der Waals surface area contributed by atoms with Gasteiger partial charge in [0.05, 0.1) is 13.3 Å². The minimum atomic E-state index is -0.830. The van der Waals surface area contributed by atoms with Crippen molar-refractivity contribution in [1.29, 1.82) is 0 Å². The normalized spacial score (nSPS) is 14.7. The van der Waals surface area contributed by atoms with Gasteiger partial charge in [-0.1, -0.05) is 69.5 Å². The number of hydrogen-bond donors (Lipinski definition) is 1. The van der Waals surface area contributed by atoms with E-state index in [-0.39, 0.29) is 30.1 Å². The second-order valence-electron chi connectivity index (χ2n) is 9.94. The van der Waals surface area contributed by atoms with Gasteiger partial charge in [0, 0.05) is 25.0 Å². The molecule has 2 aromatic carbocycles. The van der Waals surface area contributed by atoms with Crippen LogP contribution in [0.15, 0.2) is 67.1 Å². The molecule has 7 heteroatoms. The van der Waals surface area contributed by atoms with Crippen LogP contribution in [0, 0.1) is 0 Å². The Labute approximate surface area is 219 Å². The van der Waals surface area contributed by atoms with Gasteiger partial charge in [0.15, 0.2) is 0 Å². The highest BCUT2D eigenvalue weighted by Crippen LogP contribution is 2.29. The van der Waals surface area contributed by atoms with Gasteiger partial charge in [-0.25, -0.2) is 4.98 Å². The molecule has 1 aliphatic carbocycles. The van der Waals surface area contributed by atoms with Crippen molar-refractivity contribution in [2.24, 2.45) is 0 Å². The number of benzene rings is 2. The van der Waals surface area contributed by atoms with Crippen molar-refractivity contribution in [3.8, 4) is 5.75 Å². The Balaban J connectivity index is 1.76. The minimum Gasteiger partial charge on any atom is -0.497 e. The van der Waals surface area contributed by atoms with Crippen LogP contribution >= 0.6 is 0 Å². The van der Waals surface area contributed by atoms with Crippen LogP contribution in [0.5, 0.6) is 5.75 Å². The summed E-state index contributed by atoms with van der Waals surface area (Å²) in [6.07, 6.45) is 9.78. The van der Waals surface area contributed by atoms with Crippen LogP contribution in [0.1, 0.15) is 85.1 Å². The molecular formula is C30H36N4O3. The van der Waals surface area contributed by atoms with Gasteiger partial charge in [-0.3, -0.25) is 14.6 Å². The van der Waals surface area contributed by atoms with E-state index in [1.807, 2.05) is 48.5 Å². The Morgan fingerprint density at radius 2 is 1.76 bits per heavy atom. The fourth-order valence-electron chi connectivity index (χ4n) is 4.87. The van der Waals surface area contributed by atoms with Crippen molar-refractivity contribution in [2.75, 3.05) is 7.11 Å². The Bertz CT molecular complexity index is 1170. The summed E-state index contributed by atoms with van der Waals surface area (Å²) in [6, 6.07) is 14.8. The molecule has 0 radical (unpaired) electrons. The third-order valence-corrected chi connectivity index (χ3v) is 6.96. The number of amides is 2. The van der Waals surface area contributed by atoms with E-state index < -0.39 is 6.04 Å². The maximum Gasteiger partial charge on any atom is 0.275 e. The van der Waals surface area contributed by atoms with Crippen molar-refractivity contribution in [1.82, 2.24) is 20.2 Å². The van der Waals surface area contributed by atoms with E-state index in [1.165, 1.54) is 30.6 Å². The van der Waals surface area contributed by atoms with Gasteiger partial charge in [0.2, 0.25) is 5.91 Å². The fraction of sp³-hybridized carbons (Fsp3) is 0.400. The van der Waals surface area contributed by atoms with Crippen molar-refractivity contribution in [3.63, 3.8) is 0 Å². The molecule has 2 amide bonds. The van der Waals surface area contributed by atoms with Crippen LogP contribution in [-0.2, 0) is 11.3 Å². The van der Waals surface area contributed by atoms with Crippen LogP contribution in [-0.4, -0.2) is 39.8 Å². The average Bonchev–Trinajstić information content (AvgIpc) is 2.93. The Hall–Kier alpha value is -3.74. The fourth-order valence-corrected chi connectivity index (χ4v) is 4.87. The monoisotopic (exact) mass is 500 g/mol. The predicted molar refractivity (Wildman–Crippen MR) is 143 cm³/mol. The Morgan fingerprint density at radius 3 is 2.41 bits per heavy atom. The molecule has 4 rings (SSSR count). The quantitative estimate of drug-likeness (QED) is 0.423. The summed E-state index contributed by atoms with van der Waals surface area (Å²) in [5, 5.41) is 3.26. The third-order valence-electron chi connectivity index (χ3n) is 6.96. The first-order valence-corrected chi connectivity index (χ1v) is 13.1. The molecule has 37 heavy (non-hydrogen) atoms. The Morgan fingerprint density at radius 1 is 1.03 bits per heavy atom. The lowest BCUT2D eigenvalue weighted by molar-refractivity contribution is -0.127. The van der Waals surface area contributed by atoms with Crippen molar-refractivity contribution >= 4 is 11.8 Å². The van der Waals surface area contributed by atoms with Gasteiger partial charge in [0.1, 0.15) is 17.5 Å². The molecule has 1 fully saturated rings. The van der Waals surface area contributed by atoms with E-state index in [2.05, 4.69) is 29.1 Å². The molecule has 3 aromatic rings. The lowest BCUT2D eigenvalue weighted by atomic mass is 9.94. The molecule has 1 atom stereocenters. The topological polar surface area (TPSA) is 84.4 Å². The number of nitrogens with one attached hydrogen (secondary N) is 1. The number of ether oxygens (including phenoxy) is 1. The van der Waals surface area contributed by atoms with Crippen LogP contribution in [0.25, 0.3) is 0 Å². The van der Waals surface area contributed by atoms with Gasteiger partial charge in [0.25, 0.3) is 5.91 Å². The molecular weight excluding hydrogens is 464 g/mol. The van der Waals surface area contributed by atoms with E-state index in [0.29, 0.717) is 11.7 Å². The predicted octanol–water partition coefficient (Wildman–Crippen LogP) is 5.44. The van der Waals surface area contributed by atoms with E-state index in [0.717, 1.165) is 36.8 Å². The second-order valence-corrected chi connectivity index (χ2v) is 9.94. The van der Waals surface area contributed by atoms with Gasteiger partial charge in [-0.15, -0.1) is 0 Å². The molecule has 1 aromatic heterocycles. The summed E-state index contributed by atoms with van der Waals surface area (Å²) in [5.41, 5.74) is 2.98. The lowest BCUT2D eigenvalue weighted by Crippen LogP contribution is -2.47. The SMILES string of the molecule is COc1cccc(CN(C(=O)c2cnccn2)[C@H](C(=O)NC2CCCCC2)c2ccc(C(C)C)cc2)c1. The number of methoxy groups -OCH3 is 1. The number of carbonyl (C=O) groups is 2. The van der Waals surface area contributed by atoms with Gasteiger partial charge in [-0.2, -0.15) is 0 Å². The third kappa shape index (κ3) is 6.73. The Kier molecular flexibility index (Phi) is 8.88. The standard InChI is InChI=1S/C30H36N4O3/c1-21(2)23-12-14-24(15-13-23)28(29(35)33-25-9-5-4-6-10-25)34(30(36)27-19-31-16-17-32-27)20-22-8-7-11-26(18-22)37-3/h7-8,11-19,21,25,28H,4-6,9-10,20H2,1-3H3,(H,33,35)/t28-/m0/s1. The lowest BCUT2D eigenvalue weighted by Gasteiger charge is -2.33. The number of aromatic nitrogens is 2. The van der Waals surface area contributed by atoms with Crippen molar-refractivity contribution in [3.05, 3.63) is 89.5 Å². The first-order chi connectivity index (χ1) is 18.0. The zero-order valence-corrected chi connectivity index (χ0v) is 21.9. The molecule has 194 valence electrons. The molecule has 0 saturated heterocycles. The number of hydrogen-bond acceptors (Lipinski definition) is 5. The van der Waals surface area contributed by atoms with E-state index in [9.17, 15) is 9.59 Å². The molecule has 1 aliphatic rings. The minimum absolute atomic E-state index is 0.115. The first-order valence-electron chi connectivity index (χ1n) is 13.1. The molecule has 7 nitrogen and oxygen atoms in total. The number of nitrogens with zero attached hydrogens (tertiary/aromatic N) is 3. The van der Waals surface area contributed by atoms with E-state index in [4.69, 9.17) is 4.74 Å². The van der Waals surface area contributed by atoms with Gasteiger partial charge >= 0.3 is 0 Å². The van der Waals surface area contributed by atoms with E-state index in [1.54, 1.807) is 12.0 Å². The van der Waals surface area contributed by atoms with Crippen LogP contribution in [0.2, 0.25) is 0 Å². The summed E-state index contributed by atoms with van der Waals surface area (Å²) in [6.45, 7) is 4.48. The summed E-state index contributed by atoms with van der Waals surface area (Å²) < 4.78 is 5.41. The van der Waals surface area contributed by atoms with E-state index >= 15 is 0 Å². The molecule has 0 aliphatic heterocycles. The van der Waals surface area contributed by atoms with Crippen molar-refractivity contribution in [2.45, 2.75) is 70.5 Å².